The summed E-state index contributed by atoms with van der Waals surface area (Å²) in [5.41, 5.74) is 3.05. The van der Waals surface area contributed by atoms with Crippen LogP contribution in [0.3, 0.4) is 0 Å². The third kappa shape index (κ3) is 2.51. The largest absolute Gasteiger partial charge is 0.421 e. The molecule has 3 heterocycles. The quantitative estimate of drug-likeness (QED) is 0.497. The van der Waals surface area contributed by atoms with Gasteiger partial charge in [0.15, 0.2) is 5.75 Å². The van der Waals surface area contributed by atoms with Crippen molar-refractivity contribution in [2.75, 3.05) is 0 Å². The summed E-state index contributed by atoms with van der Waals surface area (Å²) in [4.78, 5) is 26.5. The second-order valence-corrected chi connectivity index (χ2v) is 7.40. The number of carbonyl (C=O) groups is 1. The van der Waals surface area contributed by atoms with E-state index in [2.05, 4.69) is 0 Å². The Hall–Kier alpha value is -3.18. The van der Waals surface area contributed by atoms with Crippen molar-refractivity contribution in [3.8, 4) is 16.9 Å². The van der Waals surface area contributed by atoms with Gasteiger partial charge >= 0.3 is 5.97 Å². The number of aromatic nitrogens is 1. The fourth-order valence-electron chi connectivity index (χ4n) is 3.71. The van der Waals surface area contributed by atoms with Gasteiger partial charge in [0, 0.05) is 11.9 Å². The molecule has 0 bridgehead atoms. The number of ether oxygens (including phenoxy) is 1. The zero-order valence-corrected chi connectivity index (χ0v) is 15.2. The lowest BCUT2D eigenvalue weighted by molar-refractivity contribution is 0.0742. The van der Waals surface area contributed by atoms with E-state index in [1.165, 1.54) is 11.3 Å². The van der Waals surface area contributed by atoms with Gasteiger partial charge in [0.25, 0.3) is 5.56 Å². The Labute approximate surface area is 159 Å². The van der Waals surface area contributed by atoms with E-state index >= 15 is 0 Å². The average Bonchev–Trinajstić information content (AvgIpc) is 3.37. The highest BCUT2D eigenvalue weighted by molar-refractivity contribution is 7.12. The summed E-state index contributed by atoms with van der Waals surface area (Å²) >= 11 is 1.32. The SMILES string of the molecule is O=C(Oc1c(-c2ccccc2)c(=O)n2c3c(cccc13)CC2)c1cccs1. The van der Waals surface area contributed by atoms with Crippen LogP contribution in [0.1, 0.15) is 15.2 Å². The molecule has 1 aliphatic heterocycles. The Bertz CT molecular complexity index is 1220. The summed E-state index contributed by atoms with van der Waals surface area (Å²) in [6, 6.07) is 18.8. The first-order valence-corrected chi connectivity index (χ1v) is 9.61. The molecule has 132 valence electrons. The molecular formula is C22H15NO3S. The minimum absolute atomic E-state index is 0.118. The van der Waals surface area contributed by atoms with Crippen molar-refractivity contribution in [2.24, 2.45) is 0 Å². The number of para-hydroxylation sites is 1. The van der Waals surface area contributed by atoms with Crippen molar-refractivity contribution >= 4 is 28.2 Å². The molecule has 0 atom stereocenters. The van der Waals surface area contributed by atoms with Crippen molar-refractivity contribution in [3.63, 3.8) is 0 Å². The molecule has 0 saturated heterocycles. The van der Waals surface area contributed by atoms with Crippen LogP contribution in [0.25, 0.3) is 22.0 Å². The van der Waals surface area contributed by atoms with Gasteiger partial charge in [-0.15, -0.1) is 11.3 Å². The van der Waals surface area contributed by atoms with Crippen molar-refractivity contribution in [1.29, 1.82) is 0 Å². The van der Waals surface area contributed by atoms with Gasteiger partial charge < -0.3 is 9.30 Å². The van der Waals surface area contributed by atoms with Crippen molar-refractivity contribution < 1.29 is 9.53 Å². The van der Waals surface area contributed by atoms with Crippen LogP contribution >= 0.6 is 11.3 Å². The van der Waals surface area contributed by atoms with E-state index in [1.54, 1.807) is 10.6 Å². The first kappa shape index (κ1) is 16.0. The summed E-state index contributed by atoms with van der Waals surface area (Å²) in [6.07, 6.45) is 0.809. The van der Waals surface area contributed by atoms with Crippen LogP contribution < -0.4 is 10.3 Å². The first-order chi connectivity index (χ1) is 13.2. The van der Waals surface area contributed by atoms with Crippen molar-refractivity contribution in [1.82, 2.24) is 4.57 Å². The molecule has 0 N–H and O–H groups in total. The summed E-state index contributed by atoms with van der Waals surface area (Å²) in [5, 5.41) is 2.63. The molecular weight excluding hydrogens is 358 g/mol. The maximum atomic E-state index is 13.3. The maximum absolute atomic E-state index is 13.3. The van der Waals surface area contributed by atoms with E-state index in [0.717, 1.165) is 28.5 Å². The van der Waals surface area contributed by atoms with Gasteiger partial charge in [-0.05, 0) is 35.1 Å². The molecule has 0 unspecified atom stereocenters. The minimum Gasteiger partial charge on any atom is -0.421 e. The lowest BCUT2D eigenvalue weighted by Crippen LogP contribution is -2.22. The van der Waals surface area contributed by atoms with Crippen LogP contribution in [-0.2, 0) is 13.0 Å². The molecule has 5 heteroatoms. The van der Waals surface area contributed by atoms with Gasteiger partial charge in [-0.3, -0.25) is 4.79 Å². The Morgan fingerprint density at radius 1 is 1.00 bits per heavy atom. The number of hydrogen-bond donors (Lipinski definition) is 0. The molecule has 2 aromatic heterocycles. The zero-order chi connectivity index (χ0) is 18.4. The highest BCUT2D eigenvalue weighted by Gasteiger charge is 2.26. The van der Waals surface area contributed by atoms with E-state index in [0.29, 0.717) is 22.7 Å². The Kier molecular flexibility index (Phi) is 3.69. The summed E-state index contributed by atoms with van der Waals surface area (Å²) < 4.78 is 7.64. The van der Waals surface area contributed by atoms with Crippen molar-refractivity contribution in [2.45, 2.75) is 13.0 Å². The molecule has 0 fully saturated rings. The summed E-state index contributed by atoms with van der Waals surface area (Å²) in [6.45, 7) is 0.646. The van der Waals surface area contributed by atoms with Gasteiger partial charge in [-0.25, -0.2) is 4.79 Å². The van der Waals surface area contributed by atoms with Crippen LogP contribution in [-0.4, -0.2) is 10.5 Å². The average molecular weight is 373 g/mol. The Balaban J connectivity index is 1.82. The van der Waals surface area contributed by atoms with E-state index in [4.69, 9.17) is 4.74 Å². The predicted molar refractivity (Wildman–Crippen MR) is 107 cm³/mol. The van der Waals surface area contributed by atoms with Crippen LogP contribution in [0.4, 0.5) is 0 Å². The molecule has 0 radical (unpaired) electrons. The fourth-order valence-corrected chi connectivity index (χ4v) is 4.31. The van der Waals surface area contributed by atoms with Crippen LogP contribution in [0.5, 0.6) is 5.75 Å². The van der Waals surface area contributed by atoms with E-state index < -0.39 is 5.97 Å². The first-order valence-electron chi connectivity index (χ1n) is 8.73. The number of aryl methyl sites for hydroxylation is 2. The molecule has 5 rings (SSSR count). The summed E-state index contributed by atoms with van der Waals surface area (Å²) in [7, 11) is 0. The number of hydrogen-bond acceptors (Lipinski definition) is 4. The predicted octanol–water partition coefficient (Wildman–Crippen LogP) is 4.51. The number of rotatable bonds is 3. The second kappa shape index (κ2) is 6.21. The third-order valence-electron chi connectivity index (χ3n) is 4.90. The highest BCUT2D eigenvalue weighted by atomic mass is 32.1. The third-order valence-corrected chi connectivity index (χ3v) is 5.75. The van der Waals surface area contributed by atoms with E-state index in [9.17, 15) is 9.59 Å². The zero-order valence-electron chi connectivity index (χ0n) is 14.3. The van der Waals surface area contributed by atoms with Crippen molar-refractivity contribution in [3.05, 3.63) is 86.8 Å². The van der Waals surface area contributed by atoms with Gasteiger partial charge in [0.2, 0.25) is 0 Å². The smallest absolute Gasteiger partial charge is 0.353 e. The topological polar surface area (TPSA) is 48.3 Å². The fraction of sp³-hybridized carbons (Fsp3) is 0.0909. The molecule has 0 amide bonds. The Morgan fingerprint density at radius 2 is 1.85 bits per heavy atom. The molecule has 27 heavy (non-hydrogen) atoms. The molecule has 4 nitrogen and oxygen atoms in total. The van der Waals surface area contributed by atoms with Gasteiger partial charge in [0.05, 0.1) is 11.1 Å². The molecule has 2 aromatic carbocycles. The highest BCUT2D eigenvalue weighted by Crippen LogP contribution is 2.38. The molecule has 0 spiro atoms. The van der Waals surface area contributed by atoms with Crippen LogP contribution in [0, 0.1) is 0 Å². The van der Waals surface area contributed by atoms with Gasteiger partial charge in [0.1, 0.15) is 4.88 Å². The standard InChI is InChI=1S/C22H15NO3S/c24-21-18(14-6-2-1-3-7-14)20(26-22(25)17-10-5-13-27-17)16-9-4-8-15-11-12-23(21)19(15)16/h1-10,13H,11-12H2. The second-order valence-electron chi connectivity index (χ2n) is 6.46. The molecule has 0 aliphatic carbocycles. The number of esters is 1. The summed E-state index contributed by atoms with van der Waals surface area (Å²) in [5.74, 6) is -0.0927. The molecule has 1 aliphatic rings. The van der Waals surface area contributed by atoms with Gasteiger partial charge in [-0.2, -0.15) is 0 Å². The van der Waals surface area contributed by atoms with Gasteiger partial charge in [-0.1, -0.05) is 48.5 Å². The maximum Gasteiger partial charge on any atom is 0.353 e. The van der Waals surface area contributed by atoms with Crippen LogP contribution in [0.15, 0.2) is 70.8 Å². The van der Waals surface area contributed by atoms with E-state index in [1.807, 2.05) is 60.0 Å². The number of carbonyl (C=O) groups excluding carboxylic acids is 1. The lowest BCUT2D eigenvalue weighted by Gasteiger charge is -2.15. The lowest BCUT2D eigenvalue weighted by atomic mass is 10.0. The van der Waals surface area contributed by atoms with E-state index in [-0.39, 0.29) is 5.56 Å². The number of pyridine rings is 1. The number of nitrogens with zero attached hydrogens (tertiary/aromatic N) is 1. The molecule has 4 aromatic rings. The number of benzene rings is 2. The number of thiophene rings is 1. The monoisotopic (exact) mass is 373 g/mol. The minimum atomic E-state index is -0.440. The molecule has 0 saturated carbocycles. The Morgan fingerprint density at radius 3 is 2.63 bits per heavy atom. The van der Waals surface area contributed by atoms with Crippen LogP contribution in [0.2, 0.25) is 0 Å². The normalized spacial score (nSPS) is 12.4.